The standard InChI is InChI=1S/C18H23NO3/c1-3-8-18(12-20)9-10-19(11-18)17(21)16-13(2)22-15-7-5-4-6-14(15)16/h4-7,20H,3,8-12H2,1-2H3. The highest BCUT2D eigenvalue weighted by Crippen LogP contribution is 2.36. The smallest absolute Gasteiger partial charge is 0.258 e. The predicted octanol–water partition coefficient (Wildman–Crippen LogP) is 3.37. The molecule has 1 amide bonds. The fourth-order valence-electron chi connectivity index (χ4n) is 3.64. The summed E-state index contributed by atoms with van der Waals surface area (Å²) >= 11 is 0. The number of likely N-dealkylation sites (tertiary alicyclic amines) is 1. The summed E-state index contributed by atoms with van der Waals surface area (Å²) in [6.45, 7) is 5.45. The van der Waals surface area contributed by atoms with Crippen molar-refractivity contribution < 1.29 is 14.3 Å². The third-order valence-electron chi connectivity index (χ3n) is 4.83. The first-order chi connectivity index (χ1) is 10.6. The maximum atomic E-state index is 12.9. The molecule has 0 radical (unpaired) electrons. The summed E-state index contributed by atoms with van der Waals surface area (Å²) in [6.07, 6.45) is 2.85. The zero-order chi connectivity index (χ0) is 15.7. The van der Waals surface area contributed by atoms with Crippen molar-refractivity contribution in [3.63, 3.8) is 0 Å². The number of carbonyl (C=O) groups excluding carboxylic acids is 1. The number of amides is 1. The Labute approximate surface area is 130 Å². The van der Waals surface area contributed by atoms with E-state index in [9.17, 15) is 9.90 Å². The molecule has 0 aliphatic carbocycles. The molecule has 1 aliphatic heterocycles. The number of furan rings is 1. The van der Waals surface area contributed by atoms with E-state index in [0.717, 1.165) is 30.2 Å². The third kappa shape index (κ3) is 2.41. The number of aliphatic hydroxyl groups excluding tert-OH is 1. The second kappa shape index (κ2) is 5.76. The molecule has 0 spiro atoms. The quantitative estimate of drug-likeness (QED) is 0.942. The molecule has 4 heteroatoms. The molecule has 22 heavy (non-hydrogen) atoms. The van der Waals surface area contributed by atoms with Crippen molar-refractivity contribution in [3.05, 3.63) is 35.6 Å². The van der Waals surface area contributed by atoms with Crippen LogP contribution >= 0.6 is 0 Å². The number of para-hydroxylation sites is 1. The van der Waals surface area contributed by atoms with Crippen LogP contribution in [0.3, 0.4) is 0 Å². The van der Waals surface area contributed by atoms with E-state index in [2.05, 4.69) is 6.92 Å². The lowest BCUT2D eigenvalue weighted by molar-refractivity contribution is 0.0729. The predicted molar refractivity (Wildman–Crippen MR) is 85.9 cm³/mol. The Morgan fingerprint density at radius 3 is 2.91 bits per heavy atom. The SMILES string of the molecule is CCCC1(CO)CCN(C(=O)c2c(C)oc3ccccc23)C1. The van der Waals surface area contributed by atoms with Gasteiger partial charge in [-0.2, -0.15) is 0 Å². The lowest BCUT2D eigenvalue weighted by Gasteiger charge is -2.26. The van der Waals surface area contributed by atoms with Crippen LogP contribution in [0, 0.1) is 12.3 Å². The summed E-state index contributed by atoms with van der Waals surface area (Å²) in [5.74, 6) is 0.692. The Kier molecular flexibility index (Phi) is 3.96. The summed E-state index contributed by atoms with van der Waals surface area (Å²) in [5, 5.41) is 10.6. The van der Waals surface area contributed by atoms with Gasteiger partial charge in [0.25, 0.3) is 5.91 Å². The first kappa shape index (κ1) is 15.1. The average molecular weight is 301 g/mol. The number of aliphatic hydroxyl groups is 1. The van der Waals surface area contributed by atoms with Gasteiger partial charge in [-0.25, -0.2) is 0 Å². The van der Waals surface area contributed by atoms with Crippen LogP contribution in [-0.4, -0.2) is 35.6 Å². The molecule has 2 aromatic rings. The highest BCUT2D eigenvalue weighted by molar-refractivity contribution is 6.07. The molecule has 1 unspecified atom stereocenters. The van der Waals surface area contributed by atoms with Crippen LogP contribution in [0.25, 0.3) is 11.0 Å². The summed E-state index contributed by atoms with van der Waals surface area (Å²) < 4.78 is 5.71. The Hall–Kier alpha value is -1.81. The van der Waals surface area contributed by atoms with Crippen LogP contribution in [0.1, 0.15) is 42.3 Å². The molecular weight excluding hydrogens is 278 g/mol. The minimum Gasteiger partial charge on any atom is -0.461 e. The lowest BCUT2D eigenvalue weighted by Crippen LogP contribution is -2.34. The largest absolute Gasteiger partial charge is 0.461 e. The first-order valence-corrected chi connectivity index (χ1v) is 7.98. The van der Waals surface area contributed by atoms with E-state index in [1.165, 1.54) is 0 Å². The highest BCUT2D eigenvalue weighted by Gasteiger charge is 2.39. The van der Waals surface area contributed by atoms with Crippen LogP contribution in [0.2, 0.25) is 0 Å². The number of carbonyl (C=O) groups is 1. The molecule has 118 valence electrons. The van der Waals surface area contributed by atoms with Gasteiger partial charge in [-0.3, -0.25) is 4.79 Å². The minimum atomic E-state index is -0.127. The minimum absolute atomic E-state index is 0.0221. The molecule has 0 saturated carbocycles. The van der Waals surface area contributed by atoms with E-state index in [1.54, 1.807) is 0 Å². The number of hydrogen-bond donors (Lipinski definition) is 1. The van der Waals surface area contributed by atoms with Gasteiger partial charge in [-0.15, -0.1) is 0 Å². The fraction of sp³-hybridized carbons (Fsp3) is 0.500. The highest BCUT2D eigenvalue weighted by atomic mass is 16.3. The van der Waals surface area contributed by atoms with E-state index >= 15 is 0 Å². The molecule has 0 bridgehead atoms. The van der Waals surface area contributed by atoms with Gasteiger partial charge in [-0.05, 0) is 25.8 Å². The second-order valence-corrected chi connectivity index (χ2v) is 6.41. The Morgan fingerprint density at radius 1 is 1.41 bits per heavy atom. The maximum absolute atomic E-state index is 12.9. The molecule has 1 aromatic heterocycles. The van der Waals surface area contributed by atoms with Gasteiger partial charge in [0.1, 0.15) is 11.3 Å². The molecule has 1 aliphatic rings. The first-order valence-electron chi connectivity index (χ1n) is 7.98. The van der Waals surface area contributed by atoms with Gasteiger partial charge < -0.3 is 14.4 Å². The second-order valence-electron chi connectivity index (χ2n) is 6.41. The van der Waals surface area contributed by atoms with Gasteiger partial charge in [0, 0.05) is 23.9 Å². The van der Waals surface area contributed by atoms with Crippen molar-refractivity contribution in [3.8, 4) is 0 Å². The van der Waals surface area contributed by atoms with Crippen molar-refractivity contribution in [2.75, 3.05) is 19.7 Å². The average Bonchev–Trinajstić information content (AvgIpc) is 3.08. The summed E-state index contributed by atoms with van der Waals surface area (Å²) in [6, 6.07) is 7.65. The van der Waals surface area contributed by atoms with E-state index in [0.29, 0.717) is 24.4 Å². The van der Waals surface area contributed by atoms with Crippen molar-refractivity contribution in [2.24, 2.45) is 5.41 Å². The number of hydrogen-bond acceptors (Lipinski definition) is 3. The van der Waals surface area contributed by atoms with Gasteiger partial charge in [0.05, 0.1) is 12.2 Å². The number of rotatable bonds is 4. The number of benzene rings is 1. The molecule has 1 aromatic carbocycles. The summed E-state index contributed by atoms with van der Waals surface area (Å²) in [5.41, 5.74) is 1.29. The maximum Gasteiger partial charge on any atom is 0.258 e. The molecular formula is C18H23NO3. The zero-order valence-electron chi connectivity index (χ0n) is 13.3. The lowest BCUT2D eigenvalue weighted by atomic mass is 9.83. The Balaban J connectivity index is 1.90. The molecule has 1 N–H and O–H groups in total. The van der Waals surface area contributed by atoms with Crippen LogP contribution in [0.4, 0.5) is 0 Å². The summed E-state index contributed by atoms with van der Waals surface area (Å²) in [4.78, 5) is 14.8. The topological polar surface area (TPSA) is 53.7 Å². The number of nitrogens with zero attached hydrogens (tertiary/aromatic N) is 1. The Morgan fingerprint density at radius 2 is 2.18 bits per heavy atom. The van der Waals surface area contributed by atoms with E-state index in [1.807, 2.05) is 36.1 Å². The van der Waals surface area contributed by atoms with E-state index in [4.69, 9.17) is 4.42 Å². The van der Waals surface area contributed by atoms with Crippen molar-refractivity contribution in [1.29, 1.82) is 0 Å². The molecule has 1 saturated heterocycles. The van der Waals surface area contributed by atoms with Gasteiger partial charge in [-0.1, -0.05) is 31.5 Å². The fourth-order valence-corrected chi connectivity index (χ4v) is 3.64. The van der Waals surface area contributed by atoms with Gasteiger partial charge in [0.2, 0.25) is 0 Å². The molecule has 3 rings (SSSR count). The normalized spacial score (nSPS) is 21.7. The monoisotopic (exact) mass is 301 g/mol. The van der Waals surface area contributed by atoms with Crippen molar-refractivity contribution in [2.45, 2.75) is 33.1 Å². The van der Waals surface area contributed by atoms with Gasteiger partial charge >= 0.3 is 0 Å². The Bertz CT molecular complexity index is 691. The van der Waals surface area contributed by atoms with Crippen LogP contribution in [-0.2, 0) is 0 Å². The number of fused-ring (bicyclic) bond motifs is 1. The van der Waals surface area contributed by atoms with Crippen LogP contribution in [0.5, 0.6) is 0 Å². The van der Waals surface area contributed by atoms with Crippen molar-refractivity contribution in [1.82, 2.24) is 4.90 Å². The van der Waals surface area contributed by atoms with Gasteiger partial charge in [0.15, 0.2) is 0 Å². The third-order valence-corrected chi connectivity index (χ3v) is 4.83. The zero-order valence-corrected chi connectivity index (χ0v) is 13.3. The van der Waals surface area contributed by atoms with Crippen LogP contribution < -0.4 is 0 Å². The summed E-state index contributed by atoms with van der Waals surface area (Å²) in [7, 11) is 0. The molecule has 2 heterocycles. The number of aryl methyl sites for hydroxylation is 1. The molecule has 4 nitrogen and oxygen atoms in total. The van der Waals surface area contributed by atoms with Crippen LogP contribution in [0.15, 0.2) is 28.7 Å². The molecule has 1 fully saturated rings. The van der Waals surface area contributed by atoms with E-state index in [-0.39, 0.29) is 17.9 Å². The molecule has 1 atom stereocenters. The van der Waals surface area contributed by atoms with E-state index < -0.39 is 0 Å². The van der Waals surface area contributed by atoms with Crippen molar-refractivity contribution >= 4 is 16.9 Å².